The molecule has 1 aromatic carbocycles. The summed E-state index contributed by atoms with van der Waals surface area (Å²) in [5.74, 6) is 0.577. The Hall–Kier alpha value is -1.16. The normalized spacial score (nSPS) is 12.5. The highest BCUT2D eigenvalue weighted by molar-refractivity contribution is 7.15. The fraction of sp³-hybridized carbons (Fsp3) is 0.412. The number of rotatable bonds is 8. The molecule has 20 heavy (non-hydrogen) atoms. The van der Waals surface area contributed by atoms with Crippen LogP contribution < -0.4 is 5.32 Å². The first-order valence-electron chi connectivity index (χ1n) is 7.29. The van der Waals surface area contributed by atoms with E-state index in [0.717, 1.165) is 25.9 Å². The van der Waals surface area contributed by atoms with E-state index >= 15 is 0 Å². The maximum atomic E-state index is 8.99. The molecule has 0 aliphatic heterocycles. The van der Waals surface area contributed by atoms with Gasteiger partial charge in [0.05, 0.1) is 0 Å². The van der Waals surface area contributed by atoms with E-state index in [1.54, 1.807) is 0 Å². The van der Waals surface area contributed by atoms with Gasteiger partial charge in [-0.2, -0.15) is 0 Å². The maximum Gasteiger partial charge on any atom is 0.0434 e. The molecule has 0 aliphatic rings. The quantitative estimate of drug-likeness (QED) is 0.772. The van der Waals surface area contributed by atoms with Crippen molar-refractivity contribution in [3.63, 3.8) is 0 Å². The molecule has 108 valence electrons. The Kier molecular flexibility index (Phi) is 6.25. The molecular weight excluding hydrogens is 266 g/mol. The van der Waals surface area contributed by atoms with Gasteiger partial charge in [-0.05, 0) is 36.6 Å². The van der Waals surface area contributed by atoms with Crippen LogP contribution in [0.5, 0.6) is 0 Å². The van der Waals surface area contributed by atoms with E-state index in [-0.39, 0.29) is 6.61 Å². The predicted molar refractivity (Wildman–Crippen MR) is 86.9 cm³/mol. The van der Waals surface area contributed by atoms with Crippen molar-refractivity contribution in [1.82, 2.24) is 5.32 Å². The number of benzene rings is 1. The third kappa shape index (κ3) is 4.44. The van der Waals surface area contributed by atoms with Crippen molar-refractivity contribution in [2.75, 3.05) is 13.2 Å². The standard InChI is InChI=1S/C17H23NOS/c1-2-14(10-11-19)12-18-13-16-8-9-17(20-16)15-6-4-3-5-7-15/h3-9,14,18-19H,2,10-13H2,1H3. The molecular formula is C17H23NOS. The summed E-state index contributed by atoms with van der Waals surface area (Å²) in [5.41, 5.74) is 1.29. The van der Waals surface area contributed by atoms with E-state index in [1.165, 1.54) is 15.3 Å². The topological polar surface area (TPSA) is 32.3 Å². The molecule has 0 saturated heterocycles. The molecule has 0 radical (unpaired) electrons. The first-order valence-corrected chi connectivity index (χ1v) is 8.10. The Balaban J connectivity index is 1.84. The molecule has 0 bridgehead atoms. The second-order valence-corrected chi connectivity index (χ2v) is 6.22. The molecule has 2 aromatic rings. The average Bonchev–Trinajstić information content (AvgIpc) is 2.96. The third-order valence-corrected chi connectivity index (χ3v) is 4.70. The number of hydrogen-bond donors (Lipinski definition) is 2. The number of aliphatic hydroxyl groups is 1. The van der Waals surface area contributed by atoms with Crippen molar-refractivity contribution in [1.29, 1.82) is 0 Å². The lowest BCUT2D eigenvalue weighted by Gasteiger charge is -2.13. The van der Waals surface area contributed by atoms with Gasteiger partial charge >= 0.3 is 0 Å². The first-order chi connectivity index (χ1) is 9.83. The van der Waals surface area contributed by atoms with Gasteiger partial charge in [0, 0.05) is 22.9 Å². The first kappa shape index (κ1) is 15.2. The summed E-state index contributed by atoms with van der Waals surface area (Å²) < 4.78 is 0. The average molecular weight is 289 g/mol. The summed E-state index contributed by atoms with van der Waals surface area (Å²) in [5, 5.41) is 12.5. The minimum atomic E-state index is 0.289. The summed E-state index contributed by atoms with van der Waals surface area (Å²) in [6.45, 7) is 4.37. The molecule has 0 fully saturated rings. The summed E-state index contributed by atoms with van der Waals surface area (Å²) in [6.07, 6.45) is 2.01. The molecule has 2 nitrogen and oxygen atoms in total. The van der Waals surface area contributed by atoms with Crippen LogP contribution in [0.4, 0.5) is 0 Å². The molecule has 1 aromatic heterocycles. The lowest BCUT2D eigenvalue weighted by Crippen LogP contribution is -2.22. The second-order valence-electron chi connectivity index (χ2n) is 5.05. The van der Waals surface area contributed by atoms with Gasteiger partial charge in [0.1, 0.15) is 0 Å². The van der Waals surface area contributed by atoms with Crippen molar-refractivity contribution in [3.05, 3.63) is 47.3 Å². The molecule has 1 heterocycles. The van der Waals surface area contributed by atoms with Gasteiger partial charge in [0.25, 0.3) is 0 Å². The van der Waals surface area contributed by atoms with E-state index < -0.39 is 0 Å². The predicted octanol–water partition coefficient (Wildman–Crippen LogP) is 3.91. The van der Waals surface area contributed by atoms with Gasteiger partial charge in [0.2, 0.25) is 0 Å². The zero-order valence-corrected chi connectivity index (χ0v) is 12.8. The largest absolute Gasteiger partial charge is 0.396 e. The number of nitrogens with one attached hydrogen (secondary N) is 1. The Morgan fingerprint density at radius 2 is 1.95 bits per heavy atom. The van der Waals surface area contributed by atoms with E-state index in [4.69, 9.17) is 5.11 Å². The van der Waals surface area contributed by atoms with E-state index in [0.29, 0.717) is 5.92 Å². The molecule has 0 spiro atoms. The Bertz CT molecular complexity index is 495. The van der Waals surface area contributed by atoms with Crippen molar-refractivity contribution in [2.45, 2.75) is 26.3 Å². The summed E-state index contributed by atoms with van der Waals surface area (Å²) in [4.78, 5) is 2.69. The second kappa shape index (κ2) is 8.20. The van der Waals surface area contributed by atoms with Crippen molar-refractivity contribution < 1.29 is 5.11 Å². The zero-order valence-electron chi connectivity index (χ0n) is 12.0. The van der Waals surface area contributed by atoms with Gasteiger partial charge in [-0.3, -0.25) is 0 Å². The maximum absolute atomic E-state index is 8.99. The fourth-order valence-electron chi connectivity index (χ4n) is 2.26. The van der Waals surface area contributed by atoms with Crippen LogP contribution in [0.3, 0.4) is 0 Å². The van der Waals surface area contributed by atoms with Crippen molar-refractivity contribution in [2.24, 2.45) is 5.92 Å². The van der Waals surface area contributed by atoms with E-state index in [1.807, 2.05) is 17.4 Å². The monoisotopic (exact) mass is 289 g/mol. The Morgan fingerprint density at radius 3 is 2.65 bits per heavy atom. The van der Waals surface area contributed by atoms with Gasteiger partial charge in [-0.25, -0.2) is 0 Å². The molecule has 0 amide bonds. The SMILES string of the molecule is CCC(CCO)CNCc1ccc(-c2ccccc2)s1. The minimum Gasteiger partial charge on any atom is -0.396 e. The molecule has 2 N–H and O–H groups in total. The van der Waals surface area contributed by atoms with Crippen LogP contribution in [0.1, 0.15) is 24.6 Å². The molecule has 1 atom stereocenters. The number of aliphatic hydroxyl groups excluding tert-OH is 1. The molecule has 1 unspecified atom stereocenters. The molecule has 0 saturated carbocycles. The highest BCUT2D eigenvalue weighted by atomic mass is 32.1. The molecule has 0 aliphatic carbocycles. The van der Waals surface area contributed by atoms with Gasteiger partial charge < -0.3 is 10.4 Å². The van der Waals surface area contributed by atoms with Crippen molar-refractivity contribution in [3.8, 4) is 10.4 Å². The summed E-state index contributed by atoms with van der Waals surface area (Å²) >= 11 is 1.85. The molecule has 3 heteroatoms. The number of thiophene rings is 1. The zero-order chi connectivity index (χ0) is 14.2. The fourth-order valence-corrected chi connectivity index (χ4v) is 3.25. The van der Waals surface area contributed by atoms with Gasteiger partial charge in [-0.15, -0.1) is 11.3 Å². The third-order valence-electron chi connectivity index (χ3n) is 3.57. The molecule has 2 rings (SSSR count). The highest BCUT2D eigenvalue weighted by Crippen LogP contribution is 2.27. The van der Waals surface area contributed by atoms with Crippen LogP contribution in [0, 0.1) is 5.92 Å². The highest BCUT2D eigenvalue weighted by Gasteiger charge is 2.06. The Labute approximate surface area is 125 Å². The van der Waals surface area contributed by atoms with Crippen LogP contribution in [0.15, 0.2) is 42.5 Å². The van der Waals surface area contributed by atoms with Crippen LogP contribution in [0.2, 0.25) is 0 Å². The van der Waals surface area contributed by atoms with Crippen LogP contribution in [-0.4, -0.2) is 18.3 Å². The van der Waals surface area contributed by atoms with Crippen LogP contribution in [-0.2, 0) is 6.54 Å². The van der Waals surface area contributed by atoms with Gasteiger partial charge in [-0.1, -0.05) is 43.7 Å². The van der Waals surface area contributed by atoms with E-state index in [2.05, 4.69) is 48.6 Å². The summed E-state index contributed by atoms with van der Waals surface area (Å²) in [7, 11) is 0. The van der Waals surface area contributed by atoms with E-state index in [9.17, 15) is 0 Å². The smallest absolute Gasteiger partial charge is 0.0434 e. The Morgan fingerprint density at radius 1 is 1.15 bits per heavy atom. The number of hydrogen-bond acceptors (Lipinski definition) is 3. The lowest BCUT2D eigenvalue weighted by molar-refractivity contribution is 0.251. The van der Waals surface area contributed by atoms with Crippen LogP contribution >= 0.6 is 11.3 Å². The van der Waals surface area contributed by atoms with Gasteiger partial charge in [0.15, 0.2) is 0 Å². The summed E-state index contributed by atoms with van der Waals surface area (Å²) in [6, 6.07) is 14.9. The lowest BCUT2D eigenvalue weighted by atomic mass is 10.0. The minimum absolute atomic E-state index is 0.289. The van der Waals surface area contributed by atoms with Crippen LogP contribution in [0.25, 0.3) is 10.4 Å². The van der Waals surface area contributed by atoms with Crippen molar-refractivity contribution >= 4 is 11.3 Å².